The molecule has 2 N–H and O–H groups in total. The third-order valence-electron chi connectivity index (χ3n) is 3.15. The van der Waals surface area contributed by atoms with Crippen LogP contribution in [0.1, 0.15) is 13.8 Å². The van der Waals surface area contributed by atoms with Crippen LogP contribution >= 0.6 is 0 Å². The Bertz CT molecular complexity index is 610. The van der Waals surface area contributed by atoms with Crippen molar-refractivity contribution in [3.8, 4) is 5.75 Å². The fourth-order valence-electron chi connectivity index (χ4n) is 1.83. The first-order valence-corrected chi connectivity index (χ1v) is 7.26. The molecule has 0 radical (unpaired) electrons. The molecule has 7 heteroatoms. The van der Waals surface area contributed by atoms with Gasteiger partial charge in [0.1, 0.15) is 12.4 Å². The maximum atomic E-state index is 11.8. The van der Waals surface area contributed by atoms with Crippen molar-refractivity contribution in [2.24, 2.45) is 0 Å². The molecule has 0 spiro atoms. The highest BCUT2D eigenvalue weighted by Gasteiger charge is 2.59. The average Bonchev–Trinajstić information content (AvgIpc) is 2.35. The van der Waals surface area contributed by atoms with Crippen molar-refractivity contribution in [3.05, 3.63) is 24.3 Å². The number of nitrogens with two attached hydrogens (primary N) is 1. The van der Waals surface area contributed by atoms with Crippen LogP contribution < -0.4 is 10.5 Å². The van der Waals surface area contributed by atoms with Gasteiger partial charge in [-0.05, 0) is 26.0 Å². The van der Waals surface area contributed by atoms with Crippen LogP contribution in [0.4, 0.5) is 5.69 Å². The Balaban J connectivity index is 1.95. The first-order valence-electron chi connectivity index (χ1n) is 5.82. The number of amides is 1. The van der Waals surface area contributed by atoms with Gasteiger partial charge in [-0.2, -0.15) is 0 Å². The summed E-state index contributed by atoms with van der Waals surface area (Å²) in [6.45, 7) is 2.88. The number of nitrogen functional groups attached to an aromatic ring is 1. The molecule has 1 aliphatic heterocycles. The van der Waals surface area contributed by atoms with Gasteiger partial charge in [-0.25, -0.2) is 12.7 Å². The van der Waals surface area contributed by atoms with E-state index in [0.29, 0.717) is 11.4 Å². The summed E-state index contributed by atoms with van der Waals surface area (Å²) in [5.74, 6) is 0.0734. The summed E-state index contributed by atoms with van der Waals surface area (Å²) in [6.07, 6.45) is 0. The second-order valence-corrected chi connectivity index (χ2v) is 7.19. The van der Waals surface area contributed by atoms with E-state index < -0.39 is 20.7 Å². The van der Waals surface area contributed by atoms with Crippen molar-refractivity contribution in [2.75, 3.05) is 18.9 Å². The van der Waals surface area contributed by atoms with Crippen molar-refractivity contribution in [1.29, 1.82) is 0 Å². The maximum absolute atomic E-state index is 11.8. The van der Waals surface area contributed by atoms with Crippen LogP contribution in [0.2, 0.25) is 0 Å². The highest BCUT2D eigenvalue weighted by Crippen LogP contribution is 2.34. The third-order valence-corrected chi connectivity index (χ3v) is 5.54. The van der Waals surface area contributed by atoms with Gasteiger partial charge in [-0.15, -0.1) is 0 Å². The quantitative estimate of drug-likeness (QED) is 0.818. The number of carbonyl (C=O) groups is 1. The number of carbonyl (C=O) groups excluding carboxylic acids is 1. The number of rotatable bonds is 4. The largest absolute Gasteiger partial charge is 0.490 e. The smallest absolute Gasteiger partial charge is 0.259 e. The minimum atomic E-state index is -3.54. The average molecular weight is 284 g/mol. The van der Waals surface area contributed by atoms with Gasteiger partial charge in [-0.1, -0.05) is 12.1 Å². The molecule has 0 aromatic heterocycles. The van der Waals surface area contributed by atoms with Crippen LogP contribution in [0, 0.1) is 0 Å². The van der Waals surface area contributed by atoms with E-state index in [1.54, 1.807) is 24.3 Å². The van der Waals surface area contributed by atoms with E-state index in [1.165, 1.54) is 13.8 Å². The fourth-order valence-corrected chi connectivity index (χ4v) is 3.34. The van der Waals surface area contributed by atoms with E-state index in [1.807, 2.05) is 0 Å². The lowest BCUT2D eigenvalue weighted by atomic mass is 10.2. The predicted octanol–water partition coefficient (Wildman–Crippen LogP) is 0.598. The van der Waals surface area contributed by atoms with Gasteiger partial charge in [0.2, 0.25) is 0 Å². The summed E-state index contributed by atoms with van der Waals surface area (Å²) in [6, 6.07) is 6.91. The Hall–Kier alpha value is -1.76. The zero-order valence-corrected chi connectivity index (χ0v) is 11.6. The Morgan fingerprint density at radius 2 is 1.95 bits per heavy atom. The fraction of sp³-hybridized carbons (Fsp3) is 0.417. The lowest BCUT2D eigenvalue weighted by Gasteiger charge is -2.42. The van der Waals surface area contributed by atoms with Gasteiger partial charge in [-0.3, -0.25) is 4.79 Å². The molecule has 1 aromatic carbocycles. The molecule has 19 heavy (non-hydrogen) atoms. The third kappa shape index (κ3) is 2.03. The van der Waals surface area contributed by atoms with Crippen molar-refractivity contribution in [2.45, 2.75) is 18.6 Å². The van der Waals surface area contributed by atoms with Crippen LogP contribution in [0.5, 0.6) is 5.75 Å². The number of anilines is 1. The minimum absolute atomic E-state index is 0.00106. The first-order chi connectivity index (χ1) is 8.78. The highest BCUT2D eigenvalue weighted by molar-refractivity contribution is 7.94. The molecule has 0 unspecified atom stereocenters. The summed E-state index contributed by atoms with van der Waals surface area (Å²) in [4.78, 5) is 11.7. The van der Waals surface area contributed by atoms with Crippen molar-refractivity contribution in [3.63, 3.8) is 0 Å². The molecule has 1 saturated heterocycles. The summed E-state index contributed by atoms with van der Waals surface area (Å²) in [5, 5.41) is 0. The molecule has 2 rings (SSSR count). The predicted molar refractivity (Wildman–Crippen MR) is 71.1 cm³/mol. The number of benzene rings is 1. The van der Waals surface area contributed by atoms with Gasteiger partial charge < -0.3 is 10.5 Å². The molecular formula is C12H16N2O4S. The lowest BCUT2D eigenvalue weighted by molar-refractivity contribution is -0.132. The molecule has 0 atom stereocenters. The van der Waals surface area contributed by atoms with Crippen molar-refractivity contribution >= 4 is 21.6 Å². The summed E-state index contributed by atoms with van der Waals surface area (Å²) in [5.41, 5.74) is 6.16. The molecule has 6 nitrogen and oxygen atoms in total. The Labute approximate surface area is 112 Å². The Morgan fingerprint density at radius 3 is 2.53 bits per heavy atom. The van der Waals surface area contributed by atoms with E-state index >= 15 is 0 Å². The van der Waals surface area contributed by atoms with Crippen molar-refractivity contribution < 1.29 is 17.9 Å². The monoisotopic (exact) mass is 284 g/mol. The van der Waals surface area contributed by atoms with E-state index in [0.717, 1.165) is 4.31 Å². The van der Waals surface area contributed by atoms with Crippen LogP contribution in [-0.4, -0.2) is 36.5 Å². The normalized spacial score (nSPS) is 19.9. The lowest BCUT2D eigenvalue weighted by Crippen LogP contribution is -2.67. The standard InChI is InChI=1S/C12H16N2O4S/c1-12(2)11(15)14(19(12,16)17)7-8-18-10-6-4-3-5-9(10)13/h3-6H,7-8,13H2,1-2H3. The van der Waals surface area contributed by atoms with Crippen LogP contribution in [-0.2, 0) is 14.8 Å². The van der Waals surface area contributed by atoms with Gasteiger partial charge in [0.15, 0.2) is 4.75 Å². The molecule has 1 aromatic rings. The number of nitrogens with zero attached hydrogens (tertiary/aromatic N) is 1. The summed E-state index contributed by atoms with van der Waals surface area (Å²) >= 11 is 0. The minimum Gasteiger partial charge on any atom is -0.490 e. The molecule has 104 valence electrons. The molecule has 0 bridgehead atoms. The number of para-hydroxylation sites is 2. The highest BCUT2D eigenvalue weighted by atomic mass is 32.2. The summed E-state index contributed by atoms with van der Waals surface area (Å²) < 4.78 is 28.5. The zero-order valence-electron chi connectivity index (χ0n) is 10.8. The maximum Gasteiger partial charge on any atom is 0.259 e. The zero-order chi connectivity index (χ0) is 14.3. The second kappa shape index (κ2) is 4.41. The van der Waals surface area contributed by atoms with Crippen LogP contribution in [0.25, 0.3) is 0 Å². The second-order valence-electron chi connectivity index (χ2n) is 4.78. The Kier molecular flexibility index (Phi) is 3.17. The number of hydrogen-bond donors (Lipinski definition) is 1. The van der Waals surface area contributed by atoms with Crippen LogP contribution in [0.15, 0.2) is 24.3 Å². The van der Waals surface area contributed by atoms with Crippen LogP contribution in [0.3, 0.4) is 0 Å². The number of hydrogen-bond acceptors (Lipinski definition) is 5. The number of sulfonamides is 1. The van der Waals surface area contributed by atoms with Gasteiger partial charge in [0, 0.05) is 0 Å². The van der Waals surface area contributed by atoms with E-state index in [4.69, 9.17) is 10.5 Å². The first kappa shape index (κ1) is 13.7. The molecule has 1 fully saturated rings. The molecule has 1 amide bonds. The van der Waals surface area contributed by atoms with Gasteiger partial charge in [0.25, 0.3) is 15.9 Å². The SMILES string of the molecule is CC1(C)C(=O)N(CCOc2ccccc2N)S1(=O)=O. The van der Waals surface area contributed by atoms with Gasteiger partial charge in [0.05, 0.1) is 12.2 Å². The van der Waals surface area contributed by atoms with E-state index in [9.17, 15) is 13.2 Å². The number of ether oxygens (including phenoxy) is 1. The molecule has 0 aliphatic carbocycles. The topological polar surface area (TPSA) is 89.7 Å². The van der Waals surface area contributed by atoms with Crippen molar-refractivity contribution in [1.82, 2.24) is 4.31 Å². The summed E-state index contributed by atoms with van der Waals surface area (Å²) in [7, 11) is -3.54. The molecule has 1 aliphatic rings. The molecular weight excluding hydrogens is 268 g/mol. The molecule has 1 heterocycles. The Morgan fingerprint density at radius 1 is 1.32 bits per heavy atom. The molecule has 0 saturated carbocycles. The van der Waals surface area contributed by atoms with E-state index in [2.05, 4.69) is 0 Å². The van der Waals surface area contributed by atoms with Gasteiger partial charge >= 0.3 is 0 Å². The van der Waals surface area contributed by atoms with E-state index in [-0.39, 0.29) is 13.2 Å².